The van der Waals surface area contributed by atoms with Gasteiger partial charge in [0, 0.05) is 12.0 Å². The van der Waals surface area contributed by atoms with Crippen LogP contribution < -0.4 is 5.73 Å². The number of aromatic nitrogens is 3. The van der Waals surface area contributed by atoms with Crippen LogP contribution in [0.15, 0.2) is 30.3 Å². The van der Waals surface area contributed by atoms with E-state index >= 15 is 0 Å². The van der Waals surface area contributed by atoms with Gasteiger partial charge in [-0.2, -0.15) is 9.97 Å². The van der Waals surface area contributed by atoms with Gasteiger partial charge in [-0.15, -0.1) is 0 Å². The van der Waals surface area contributed by atoms with Crippen LogP contribution >= 0.6 is 0 Å². The number of benzene rings is 1. The molecule has 4 heteroatoms. The summed E-state index contributed by atoms with van der Waals surface area (Å²) in [6.07, 6.45) is 3.49. The molecule has 0 bridgehead atoms. The van der Waals surface area contributed by atoms with Crippen LogP contribution in [-0.2, 0) is 6.42 Å². The van der Waals surface area contributed by atoms with E-state index in [2.05, 4.69) is 15.0 Å². The van der Waals surface area contributed by atoms with E-state index in [-0.39, 0.29) is 0 Å². The standard InChI is InChI=1S/C13H14N4/c14-13-16-11(8-9-6-7-9)15-12(17-13)10-4-2-1-3-5-10/h1-5,9H,6-8H2,(H2,14,15,16,17). The molecule has 3 rings (SSSR count). The molecule has 0 spiro atoms. The average Bonchev–Trinajstić information content (AvgIpc) is 3.13. The van der Waals surface area contributed by atoms with E-state index in [9.17, 15) is 0 Å². The molecule has 0 unspecified atom stereocenters. The van der Waals surface area contributed by atoms with Crippen LogP contribution in [-0.4, -0.2) is 15.0 Å². The molecule has 2 N–H and O–H groups in total. The SMILES string of the molecule is Nc1nc(CC2CC2)nc(-c2ccccc2)n1. The van der Waals surface area contributed by atoms with Crippen LogP contribution in [0.4, 0.5) is 5.95 Å². The second-order valence-electron chi connectivity index (χ2n) is 4.45. The third-order valence-electron chi connectivity index (χ3n) is 2.90. The minimum atomic E-state index is 0.314. The fraction of sp³-hybridized carbons (Fsp3) is 0.308. The Bertz CT molecular complexity index is 520. The minimum absolute atomic E-state index is 0.314. The molecular formula is C13H14N4. The zero-order valence-corrected chi connectivity index (χ0v) is 9.50. The van der Waals surface area contributed by atoms with Crippen LogP contribution in [0.1, 0.15) is 18.7 Å². The third kappa shape index (κ3) is 2.41. The summed E-state index contributed by atoms with van der Waals surface area (Å²) in [6.45, 7) is 0. The molecule has 17 heavy (non-hydrogen) atoms. The quantitative estimate of drug-likeness (QED) is 0.870. The fourth-order valence-electron chi connectivity index (χ4n) is 1.83. The number of nitrogens with two attached hydrogens (primary N) is 1. The molecule has 1 aromatic carbocycles. The van der Waals surface area contributed by atoms with E-state index in [1.807, 2.05) is 30.3 Å². The van der Waals surface area contributed by atoms with Gasteiger partial charge in [0.05, 0.1) is 0 Å². The van der Waals surface area contributed by atoms with Crippen molar-refractivity contribution in [3.63, 3.8) is 0 Å². The van der Waals surface area contributed by atoms with Crippen molar-refractivity contribution in [2.75, 3.05) is 5.73 Å². The highest BCUT2D eigenvalue weighted by atomic mass is 15.1. The summed E-state index contributed by atoms with van der Waals surface area (Å²) >= 11 is 0. The van der Waals surface area contributed by atoms with Crippen molar-refractivity contribution >= 4 is 5.95 Å². The van der Waals surface area contributed by atoms with Crippen LogP contribution in [0.3, 0.4) is 0 Å². The second-order valence-corrected chi connectivity index (χ2v) is 4.45. The van der Waals surface area contributed by atoms with Gasteiger partial charge in [0.15, 0.2) is 5.82 Å². The Morgan fingerprint density at radius 1 is 1.06 bits per heavy atom. The zero-order chi connectivity index (χ0) is 11.7. The van der Waals surface area contributed by atoms with E-state index < -0.39 is 0 Å². The first-order valence-corrected chi connectivity index (χ1v) is 5.87. The molecule has 0 aliphatic heterocycles. The Morgan fingerprint density at radius 2 is 1.82 bits per heavy atom. The Labute approximate surface area is 99.9 Å². The normalized spacial score (nSPS) is 14.8. The van der Waals surface area contributed by atoms with E-state index in [1.54, 1.807) is 0 Å². The lowest BCUT2D eigenvalue weighted by Gasteiger charge is -2.04. The second kappa shape index (κ2) is 4.13. The summed E-state index contributed by atoms with van der Waals surface area (Å²) in [5.74, 6) is 2.56. The molecule has 1 heterocycles. The first-order valence-electron chi connectivity index (χ1n) is 5.87. The number of nitrogen functional groups attached to an aromatic ring is 1. The van der Waals surface area contributed by atoms with Crippen molar-refractivity contribution in [3.05, 3.63) is 36.2 Å². The highest BCUT2D eigenvalue weighted by molar-refractivity contribution is 5.55. The molecule has 86 valence electrons. The van der Waals surface area contributed by atoms with Crippen molar-refractivity contribution in [3.8, 4) is 11.4 Å². The van der Waals surface area contributed by atoms with Crippen LogP contribution in [0, 0.1) is 5.92 Å². The number of nitrogens with zero attached hydrogens (tertiary/aromatic N) is 3. The molecule has 1 saturated carbocycles. The van der Waals surface area contributed by atoms with Crippen LogP contribution in [0.5, 0.6) is 0 Å². The Hall–Kier alpha value is -1.97. The van der Waals surface area contributed by atoms with E-state index in [0.717, 1.165) is 23.7 Å². The molecule has 1 aliphatic rings. The van der Waals surface area contributed by atoms with Gasteiger partial charge in [-0.1, -0.05) is 30.3 Å². The number of anilines is 1. The Balaban J connectivity index is 1.95. The van der Waals surface area contributed by atoms with Crippen LogP contribution in [0.25, 0.3) is 11.4 Å². The highest BCUT2D eigenvalue weighted by Crippen LogP contribution is 2.32. The van der Waals surface area contributed by atoms with E-state index in [1.165, 1.54) is 12.8 Å². The van der Waals surface area contributed by atoms with Crippen molar-refractivity contribution in [1.82, 2.24) is 15.0 Å². The van der Waals surface area contributed by atoms with Gasteiger partial charge in [-0.25, -0.2) is 4.98 Å². The molecule has 0 atom stereocenters. The number of rotatable bonds is 3. The van der Waals surface area contributed by atoms with E-state index in [4.69, 9.17) is 5.73 Å². The molecule has 0 amide bonds. The van der Waals surface area contributed by atoms with Crippen molar-refractivity contribution in [1.29, 1.82) is 0 Å². The van der Waals surface area contributed by atoms with E-state index in [0.29, 0.717) is 11.8 Å². The van der Waals surface area contributed by atoms with Crippen LogP contribution in [0.2, 0.25) is 0 Å². The summed E-state index contributed by atoms with van der Waals surface area (Å²) in [5.41, 5.74) is 6.72. The lowest BCUT2D eigenvalue weighted by molar-refractivity contribution is 0.764. The zero-order valence-electron chi connectivity index (χ0n) is 9.50. The van der Waals surface area contributed by atoms with Gasteiger partial charge in [0.25, 0.3) is 0 Å². The van der Waals surface area contributed by atoms with Gasteiger partial charge in [-0.3, -0.25) is 0 Å². The highest BCUT2D eigenvalue weighted by Gasteiger charge is 2.23. The number of hydrogen-bond acceptors (Lipinski definition) is 4. The maximum absolute atomic E-state index is 5.73. The topological polar surface area (TPSA) is 64.7 Å². The van der Waals surface area contributed by atoms with Crippen molar-refractivity contribution in [2.45, 2.75) is 19.3 Å². The maximum atomic E-state index is 5.73. The summed E-state index contributed by atoms with van der Waals surface area (Å²) in [5, 5.41) is 0. The summed E-state index contributed by atoms with van der Waals surface area (Å²) in [4.78, 5) is 12.9. The molecule has 1 fully saturated rings. The first kappa shape index (κ1) is 10.2. The smallest absolute Gasteiger partial charge is 0.223 e. The monoisotopic (exact) mass is 226 g/mol. The molecule has 1 aromatic heterocycles. The van der Waals surface area contributed by atoms with Crippen molar-refractivity contribution in [2.24, 2.45) is 5.92 Å². The summed E-state index contributed by atoms with van der Waals surface area (Å²) < 4.78 is 0. The van der Waals surface area contributed by atoms with Gasteiger partial charge in [0.1, 0.15) is 5.82 Å². The molecule has 4 nitrogen and oxygen atoms in total. The minimum Gasteiger partial charge on any atom is -0.368 e. The molecular weight excluding hydrogens is 212 g/mol. The molecule has 0 saturated heterocycles. The van der Waals surface area contributed by atoms with Crippen molar-refractivity contribution < 1.29 is 0 Å². The Morgan fingerprint density at radius 3 is 2.53 bits per heavy atom. The lowest BCUT2D eigenvalue weighted by atomic mass is 10.2. The first-order chi connectivity index (χ1) is 8.31. The molecule has 0 radical (unpaired) electrons. The maximum Gasteiger partial charge on any atom is 0.223 e. The van der Waals surface area contributed by atoms with Gasteiger partial charge in [0.2, 0.25) is 5.95 Å². The Kier molecular flexibility index (Phi) is 2.48. The fourth-order valence-corrected chi connectivity index (χ4v) is 1.83. The number of hydrogen-bond donors (Lipinski definition) is 1. The molecule has 1 aliphatic carbocycles. The largest absolute Gasteiger partial charge is 0.368 e. The average molecular weight is 226 g/mol. The van der Waals surface area contributed by atoms with Gasteiger partial charge >= 0.3 is 0 Å². The summed E-state index contributed by atoms with van der Waals surface area (Å²) in [7, 11) is 0. The van der Waals surface area contributed by atoms with Gasteiger partial charge in [-0.05, 0) is 18.8 Å². The predicted molar refractivity (Wildman–Crippen MR) is 66.1 cm³/mol. The third-order valence-corrected chi connectivity index (χ3v) is 2.90. The predicted octanol–water partition coefficient (Wildman–Crippen LogP) is 2.07. The summed E-state index contributed by atoms with van der Waals surface area (Å²) in [6, 6.07) is 9.87. The molecule has 2 aromatic rings. The van der Waals surface area contributed by atoms with Gasteiger partial charge < -0.3 is 5.73 Å². The lowest BCUT2D eigenvalue weighted by Crippen LogP contribution is -2.05.